The first-order valence-corrected chi connectivity index (χ1v) is 15.9. The standard InChI is InChI=1S/C25H33NO10.C10H15NO4/c1-31-16-35-22-7-4-19(15-24(22)36-17-32-2)26-25(30)8-5-20(29)13-18-3-6-21(33-11-9-27)23(14-18)34-12-10-28;11-8-1-2-9(14-5-3-12)10(7-8)15-6-4-13/h3-4,6-7,14-15,27-28H,5,8-13,16-17H2,1-2H3,(H,26,30);1-2,7,12-13H,3-6,11H2. The Morgan fingerprint density at radius 3 is 1.63 bits per heavy atom. The maximum atomic E-state index is 12.5. The van der Waals surface area contributed by atoms with Crippen LogP contribution in [0.1, 0.15) is 18.4 Å². The van der Waals surface area contributed by atoms with Gasteiger partial charge in [0.25, 0.3) is 0 Å². The number of ether oxygens (including phenoxy) is 8. The van der Waals surface area contributed by atoms with Crippen LogP contribution in [0, 0.1) is 0 Å². The number of ketones is 1. The Kier molecular flexibility index (Phi) is 20.9. The number of aliphatic hydroxyl groups is 4. The number of nitrogen functional groups attached to an aromatic ring is 1. The summed E-state index contributed by atoms with van der Waals surface area (Å²) in [5.41, 5.74) is 7.29. The van der Waals surface area contributed by atoms with Crippen LogP contribution in [0.2, 0.25) is 0 Å². The number of methoxy groups -OCH3 is 2. The predicted molar refractivity (Wildman–Crippen MR) is 186 cm³/mol. The van der Waals surface area contributed by atoms with Crippen molar-refractivity contribution in [3.05, 3.63) is 60.2 Å². The minimum Gasteiger partial charge on any atom is -0.487 e. The highest BCUT2D eigenvalue weighted by atomic mass is 16.7. The van der Waals surface area contributed by atoms with Crippen molar-refractivity contribution in [2.75, 3.05) is 91.7 Å². The van der Waals surface area contributed by atoms with Gasteiger partial charge in [0, 0.05) is 57.0 Å². The number of anilines is 2. The second kappa shape index (κ2) is 25.2. The first-order valence-electron chi connectivity index (χ1n) is 15.9. The molecule has 16 heteroatoms. The van der Waals surface area contributed by atoms with Crippen LogP contribution in [0.3, 0.4) is 0 Å². The van der Waals surface area contributed by atoms with Crippen molar-refractivity contribution in [2.45, 2.75) is 19.3 Å². The van der Waals surface area contributed by atoms with Gasteiger partial charge in [0.1, 0.15) is 32.2 Å². The molecule has 7 N–H and O–H groups in total. The maximum Gasteiger partial charge on any atom is 0.224 e. The highest BCUT2D eigenvalue weighted by Gasteiger charge is 2.14. The number of aliphatic hydroxyl groups excluding tert-OH is 4. The van der Waals surface area contributed by atoms with Crippen molar-refractivity contribution < 1.29 is 67.9 Å². The fraction of sp³-hybridized carbons (Fsp3) is 0.429. The summed E-state index contributed by atoms with van der Waals surface area (Å²) >= 11 is 0. The first kappa shape index (κ1) is 42.3. The third-order valence-electron chi connectivity index (χ3n) is 6.30. The molecule has 3 rings (SSSR count). The molecular weight excluding hydrogens is 672 g/mol. The molecule has 0 aromatic heterocycles. The Labute approximate surface area is 296 Å². The van der Waals surface area contributed by atoms with Crippen LogP contribution in [0.15, 0.2) is 54.6 Å². The summed E-state index contributed by atoms with van der Waals surface area (Å²) in [6, 6.07) is 14.8. The highest BCUT2D eigenvalue weighted by Crippen LogP contribution is 2.32. The SMILES string of the molecule is COCOc1ccc(NC(=O)CCC(=O)Cc2ccc(OCCO)c(OCCO)c2)cc1OCOC.Nc1ccc(OCCO)c(OCCO)c1. The Bertz CT molecular complexity index is 1380. The Hall–Kier alpha value is -4.84. The average Bonchev–Trinajstić information content (AvgIpc) is 3.13. The fourth-order valence-electron chi connectivity index (χ4n) is 4.13. The topological polar surface area (TPSA) is 227 Å². The van der Waals surface area contributed by atoms with E-state index in [1.54, 1.807) is 54.6 Å². The van der Waals surface area contributed by atoms with Gasteiger partial charge < -0.3 is 69.4 Å². The van der Waals surface area contributed by atoms with Gasteiger partial charge in [0.2, 0.25) is 5.91 Å². The number of amides is 1. The summed E-state index contributed by atoms with van der Waals surface area (Å²) in [7, 11) is 2.99. The molecule has 0 spiro atoms. The van der Waals surface area contributed by atoms with Crippen molar-refractivity contribution in [1.82, 2.24) is 0 Å². The molecule has 0 saturated heterocycles. The molecule has 0 fully saturated rings. The molecule has 0 radical (unpaired) electrons. The third-order valence-corrected chi connectivity index (χ3v) is 6.30. The van der Waals surface area contributed by atoms with E-state index < -0.39 is 0 Å². The molecule has 0 saturated carbocycles. The van der Waals surface area contributed by atoms with Crippen molar-refractivity contribution >= 4 is 23.1 Å². The first-order chi connectivity index (χ1) is 24.8. The molecule has 282 valence electrons. The van der Waals surface area contributed by atoms with Gasteiger partial charge in [0.15, 0.2) is 48.1 Å². The van der Waals surface area contributed by atoms with Crippen molar-refractivity contribution in [2.24, 2.45) is 0 Å². The molecule has 51 heavy (non-hydrogen) atoms. The number of benzene rings is 3. The molecule has 3 aromatic rings. The van der Waals surface area contributed by atoms with Crippen LogP contribution < -0.4 is 39.5 Å². The fourth-order valence-corrected chi connectivity index (χ4v) is 4.13. The highest BCUT2D eigenvalue weighted by molar-refractivity contribution is 5.94. The molecule has 16 nitrogen and oxygen atoms in total. The lowest BCUT2D eigenvalue weighted by atomic mass is 10.0. The molecule has 0 bridgehead atoms. The number of rotatable bonds is 24. The summed E-state index contributed by atoms with van der Waals surface area (Å²) in [4.78, 5) is 24.9. The number of nitrogens with one attached hydrogen (secondary N) is 1. The Balaban J connectivity index is 0.000000500. The summed E-state index contributed by atoms with van der Waals surface area (Å²) in [6.07, 6.45) is 0.146. The van der Waals surface area contributed by atoms with Gasteiger partial charge >= 0.3 is 0 Å². The second-order valence-corrected chi connectivity index (χ2v) is 10.3. The summed E-state index contributed by atoms with van der Waals surface area (Å²) in [6.45, 7) is 0.0731. The lowest BCUT2D eigenvalue weighted by Crippen LogP contribution is -2.14. The van der Waals surface area contributed by atoms with E-state index in [1.807, 2.05) is 0 Å². The van der Waals surface area contributed by atoms with Crippen LogP contribution in [-0.4, -0.2) is 113 Å². The quantitative estimate of drug-likeness (QED) is 0.0574. The van der Waals surface area contributed by atoms with E-state index >= 15 is 0 Å². The number of Topliss-reactive ketones (excluding diaryl/α,β-unsaturated/α-hetero) is 1. The zero-order valence-electron chi connectivity index (χ0n) is 28.8. The summed E-state index contributed by atoms with van der Waals surface area (Å²) in [5, 5.41) is 38.0. The lowest BCUT2D eigenvalue weighted by molar-refractivity contribution is -0.122. The minimum absolute atomic E-state index is 0.000581. The molecule has 0 heterocycles. The smallest absolute Gasteiger partial charge is 0.224 e. The van der Waals surface area contributed by atoms with Crippen molar-refractivity contribution in [3.63, 3.8) is 0 Å². The van der Waals surface area contributed by atoms with E-state index in [0.29, 0.717) is 51.4 Å². The van der Waals surface area contributed by atoms with Gasteiger partial charge in [-0.2, -0.15) is 0 Å². The van der Waals surface area contributed by atoms with Gasteiger partial charge in [-0.05, 0) is 42.0 Å². The Morgan fingerprint density at radius 1 is 0.588 bits per heavy atom. The third kappa shape index (κ3) is 16.6. The zero-order valence-corrected chi connectivity index (χ0v) is 28.8. The van der Waals surface area contributed by atoms with E-state index in [-0.39, 0.29) is 97.4 Å². The van der Waals surface area contributed by atoms with Crippen LogP contribution in [0.25, 0.3) is 0 Å². The maximum absolute atomic E-state index is 12.5. The van der Waals surface area contributed by atoms with Gasteiger partial charge in [0.05, 0.1) is 26.4 Å². The van der Waals surface area contributed by atoms with Crippen LogP contribution in [0.5, 0.6) is 34.5 Å². The molecule has 0 atom stereocenters. The Morgan fingerprint density at radius 2 is 1.06 bits per heavy atom. The van der Waals surface area contributed by atoms with E-state index in [0.717, 1.165) is 0 Å². The molecule has 0 unspecified atom stereocenters. The van der Waals surface area contributed by atoms with Crippen molar-refractivity contribution in [3.8, 4) is 34.5 Å². The summed E-state index contributed by atoms with van der Waals surface area (Å²) in [5.74, 6) is 2.08. The monoisotopic (exact) mass is 720 g/mol. The van der Waals surface area contributed by atoms with Gasteiger partial charge in [-0.3, -0.25) is 9.59 Å². The van der Waals surface area contributed by atoms with E-state index in [4.69, 9.17) is 64.1 Å². The average molecular weight is 721 g/mol. The number of carbonyl (C=O) groups excluding carboxylic acids is 2. The molecule has 0 aliphatic rings. The van der Waals surface area contributed by atoms with E-state index in [9.17, 15) is 9.59 Å². The van der Waals surface area contributed by atoms with Crippen molar-refractivity contribution in [1.29, 1.82) is 0 Å². The number of hydrogen-bond donors (Lipinski definition) is 6. The van der Waals surface area contributed by atoms with E-state index in [2.05, 4.69) is 5.32 Å². The molecular formula is C35H48N2O14. The van der Waals surface area contributed by atoms with Crippen LogP contribution in [-0.2, 0) is 25.5 Å². The largest absolute Gasteiger partial charge is 0.487 e. The number of nitrogens with two attached hydrogens (primary N) is 1. The lowest BCUT2D eigenvalue weighted by Gasteiger charge is -2.14. The minimum atomic E-state index is -0.327. The number of hydrogen-bond acceptors (Lipinski definition) is 15. The molecule has 3 aromatic carbocycles. The summed E-state index contributed by atoms with van der Waals surface area (Å²) < 4.78 is 42.1. The van der Waals surface area contributed by atoms with Gasteiger partial charge in [-0.25, -0.2) is 0 Å². The van der Waals surface area contributed by atoms with Gasteiger partial charge in [-0.1, -0.05) is 6.07 Å². The predicted octanol–water partition coefficient (Wildman–Crippen LogP) is 1.94. The van der Waals surface area contributed by atoms with Crippen LogP contribution in [0.4, 0.5) is 11.4 Å². The van der Waals surface area contributed by atoms with Gasteiger partial charge in [-0.15, -0.1) is 0 Å². The zero-order chi connectivity index (χ0) is 37.3. The molecule has 0 aliphatic heterocycles. The van der Waals surface area contributed by atoms with Crippen LogP contribution >= 0.6 is 0 Å². The second-order valence-electron chi connectivity index (χ2n) is 10.3. The van der Waals surface area contributed by atoms with E-state index in [1.165, 1.54) is 14.2 Å². The number of carbonyl (C=O) groups is 2. The normalized spacial score (nSPS) is 10.4. The molecule has 1 amide bonds. The molecule has 0 aliphatic carbocycles.